The van der Waals surface area contributed by atoms with Crippen LogP contribution in [-0.2, 0) is 4.79 Å². The number of nitrogens with one attached hydrogen (secondary N) is 3. The number of carbonyl (C=O) groups is 2. The van der Waals surface area contributed by atoms with E-state index in [-0.39, 0.29) is 12.5 Å². The largest absolute Gasteiger partial charge is 0.480 e. The van der Waals surface area contributed by atoms with Crippen LogP contribution in [0.5, 0.6) is 0 Å². The molecule has 4 N–H and O–H groups in total. The number of amides is 1. The molecule has 1 amide bonds. The summed E-state index contributed by atoms with van der Waals surface area (Å²) in [7, 11) is 0. The van der Waals surface area contributed by atoms with Crippen molar-refractivity contribution in [3.63, 3.8) is 0 Å². The van der Waals surface area contributed by atoms with Crippen molar-refractivity contribution in [2.45, 2.75) is 0 Å². The van der Waals surface area contributed by atoms with Gasteiger partial charge in [-0.25, -0.2) is 0 Å². The first-order valence-corrected chi connectivity index (χ1v) is 6.16. The third kappa shape index (κ3) is 7.17. The molecule has 1 aromatic carbocycles. The molecule has 1 aliphatic rings. The molecule has 6 nitrogen and oxygen atoms in total. The highest BCUT2D eigenvalue weighted by atomic mass is 16.4. The van der Waals surface area contributed by atoms with Crippen LogP contribution in [-0.4, -0.2) is 49.7 Å². The fourth-order valence-electron chi connectivity index (χ4n) is 1.45. The van der Waals surface area contributed by atoms with Crippen molar-refractivity contribution in [1.82, 2.24) is 16.0 Å². The lowest BCUT2D eigenvalue weighted by atomic mass is 10.2. The Labute approximate surface area is 112 Å². The Bertz CT molecular complexity index is 380. The molecule has 0 aromatic heterocycles. The third-order valence-electron chi connectivity index (χ3n) is 2.39. The zero-order valence-corrected chi connectivity index (χ0v) is 10.7. The van der Waals surface area contributed by atoms with Gasteiger partial charge in [0.1, 0.15) is 6.54 Å². The molecule has 19 heavy (non-hydrogen) atoms. The van der Waals surface area contributed by atoms with Crippen molar-refractivity contribution in [3.8, 4) is 0 Å². The van der Waals surface area contributed by atoms with Gasteiger partial charge in [-0.2, -0.15) is 0 Å². The first-order valence-electron chi connectivity index (χ1n) is 6.16. The molecule has 1 heterocycles. The van der Waals surface area contributed by atoms with E-state index < -0.39 is 5.97 Å². The standard InChI is InChI=1S/C9H9NO3.C4H10N2/c11-8(12)6-10-9(13)7-4-2-1-3-5-7;1-2-6-4-3-5-1/h1-5H,6H2,(H,10,13)(H,11,12);5-6H,1-4H2. The molecular formula is C13H19N3O3. The fraction of sp³-hybridized carbons (Fsp3) is 0.385. The zero-order chi connectivity index (χ0) is 13.9. The Balaban J connectivity index is 0.000000250. The van der Waals surface area contributed by atoms with Gasteiger partial charge in [0.2, 0.25) is 0 Å². The Morgan fingerprint density at radius 1 is 1.05 bits per heavy atom. The molecule has 104 valence electrons. The molecular weight excluding hydrogens is 246 g/mol. The van der Waals surface area contributed by atoms with Crippen molar-refractivity contribution >= 4 is 11.9 Å². The molecule has 0 saturated carbocycles. The van der Waals surface area contributed by atoms with E-state index in [0.717, 1.165) is 26.2 Å². The number of aliphatic carboxylic acids is 1. The molecule has 0 aliphatic carbocycles. The van der Waals surface area contributed by atoms with Gasteiger partial charge in [0.25, 0.3) is 5.91 Å². The van der Waals surface area contributed by atoms with Crippen molar-refractivity contribution < 1.29 is 14.7 Å². The van der Waals surface area contributed by atoms with Gasteiger partial charge in [-0.05, 0) is 12.1 Å². The number of carbonyl (C=O) groups excluding carboxylic acids is 1. The molecule has 0 radical (unpaired) electrons. The molecule has 6 heteroatoms. The summed E-state index contributed by atoms with van der Waals surface area (Å²) >= 11 is 0. The lowest BCUT2D eigenvalue weighted by Crippen LogP contribution is -2.39. The van der Waals surface area contributed by atoms with E-state index in [4.69, 9.17) is 5.11 Å². The second kappa shape index (κ2) is 9.07. The van der Waals surface area contributed by atoms with Crippen LogP contribution in [0.2, 0.25) is 0 Å². The van der Waals surface area contributed by atoms with Gasteiger partial charge < -0.3 is 21.1 Å². The van der Waals surface area contributed by atoms with E-state index in [9.17, 15) is 9.59 Å². The quantitative estimate of drug-likeness (QED) is 0.601. The number of benzene rings is 1. The summed E-state index contributed by atoms with van der Waals surface area (Å²) in [5.74, 6) is -1.42. The molecule has 1 saturated heterocycles. The van der Waals surface area contributed by atoms with Crippen LogP contribution < -0.4 is 16.0 Å². The molecule has 1 fully saturated rings. The van der Waals surface area contributed by atoms with Crippen LogP contribution in [0.1, 0.15) is 10.4 Å². The molecule has 1 aromatic rings. The lowest BCUT2D eigenvalue weighted by molar-refractivity contribution is -0.135. The molecule has 0 atom stereocenters. The fourth-order valence-corrected chi connectivity index (χ4v) is 1.45. The first kappa shape index (κ1) is 15.1. The Kier molecular flexibility index (Phi) is 7.23. The predicted octanol–water partition coefficient (Wildman–Crippen LogP) is -0.320. The summed E-state index contributed by atoms with van der Waals surface area (Å²) in [4.78, 5) is 21.3. The molecule has 0 unspecified atom stereocenters. The summed E-state index contributed by atoms with van der Waals surface area (Å²) in [5, 5.41) is 17.0. The summed E-state index contributed by atoms with van der Waals surface area (Å²) in [6.07, 6.45) is 0. The van der Waals surface area contributed by atoms with Gasteiger partial charge in [0.15, 0.2) is 0 Å². The van der Waals surface area contributed by atoms with Gasteiger partial charge in [-0.15, -0.1) is 0 Å². The van der Waals surface area contributed by atoms with E-state index in [1.54, 1.807) is 30.3 Å². The average Bonchev–Trinajstić information content (AvgIpc) is 2.48. The highest BCUT2D eigenvalue weighted by molar-refractivity contribution is 5.95. The minimum Gasteiger partial charge on any atom is -0.480 e. The van der Waals surface area contributed by atoms with Gasteiger partial charge in [0, 0.05) is 31.7 Å². The zero-order valence-electron chi connectivity index (χ0n) is 10.7. The summed E-state index contributed by atoms with van der Waals surface area (Å²) < 4.78 is 0. The van der Waals surface area contributed by atoms with Gasteiger partial charge in [0.05, 0.1) is 0 Å². The number of carboxylic acid groups (broad SMARTS) is 1. The van der Waals surface area contributed by atoms with E-state index in [0.29, 0.717) is 5.56 Å². The van der Waals surface area contributed by atoms with Crippen LogP contribution >= 0.6 is 0 Å². The Morgan fingerprint density at radius 3 is 2.00 bits per heavy atom. The summed E-state index contributed by atoms with van der Waals surface area (Å²) in [6, 6.07) is 8.47. The number of hydrogen-bond donors (Lipinski definition) is 4. The van der Waals surface area contributed by atoms with E-state index in [1.165, 1.54) is 0 Å². The first-order chi connectivity index (χ1) is 9.20. The average molecular weight is 265 g/mol. The maximum Gasteiger partial charge on any atom is 0.322 e. The van der Waals surface area contributed by atoms with Crippen LogP contribution in [0, 0.1) is 0 Å². The monoisotopic (exact) mass is 265 g/mol. The SMILES string of the molecule is C1CNCCN1.O=C(O)CNC(=O)c1ccccc1. The minimum absolute atomic E-state index is 0.353. The summed E-state index contributed by atoms with van der Waals surface area (Å²) in [5.41, 5.74) is 0.462. The second-order valence-electron chi connectivity index (χ2n) is 3.94. The maximum atomic E-state index is 11.2. The summed E-state index contributed by atoms with van der Waals surface area (Å²) in [6.45, 7) is 4.20. The topological polar surface area (TPSA) is 90.5 Å². The van der Waals surface area contributed by atoms with Crippen LogP contribution in [0.4, 0.5) is 0 Å². The highest BCUT2D eigenvalue weighted by Crippen LogP contribution is 1.96. The predicted molar refractivity (Wildman–Crippen MR) is 72.2 cm³/mol. The normalized spacial score (nSPS) is 13.9. The van der Waals surface area contributed by atoms with Gasteiger partial charge >= 0.3 is 5.97 Å². The smallest absolute Gasteiger partial charge is 0.322 e. The van der Waals surface area contributed by atoms with Crippen molar-refractivity contribution in [2.75, 3.05) is 32.7 Å². The van der Waals surface area contributed by atoms with Gasteiger partial charge in [-0.1, -0.05) is 18.2 Å². The van der Waals surface area contributed by atoms with Crippen molar-refractivity contribution in [3.05, 3.63) is 35.9 Å². The second-order valence-corrected chi connectivity index (χ2v) is 3.94. The molecule has 0 bridgehead atoms. The van der Waals surface area contributed by atoms with E-state index in [2.05, 4.69) is 16.0 Å². The van der Waals surface area contributed by atoms with Crippen LogP contribution in [0.3, 0.4) is 0 Å². The number of carboxylic acids is 1. The Morgan fingerprint density at radius 2 is 1.58 bits per heavy atom. The lowest BCUT2D eigenvalue weighted by Gasteiger charge is -2.11. The highest BCUT2D eigenvalue weighted by Gasteiger charge is 2.04. The maximum absolute atomic E-state index is 11.2. The van der Waals surface area contributed by atoms with Crippen molar-refractivity contribution in [1.29, 1.82) is 0 Å². The van der Waals surface area contributed by atoms with E-state index in [1.807, 2.05) is 0 Å². The molecule has 1 aliphatic heterocycles. The van der Waals surface area contributed by atoms with Crippen molar-refractivity contribution in [2.24, 2.45) is 0 Å². The van der Waals surface area contributed by atoms with E-state index >= 15 is 0 Å². The molecule has 2 rings (SSSR count). The number of piperazine rings is 1. The number of rotatable bonds is 3. The molecule has 0 spiro atoms. The van der Waals surface area contributed by atoms with Crippen LogP contribution in [0.25, 0.3) is 0 Å². The minimum atomic E-state index is -1.05. The van der Waals surface area contributed by atoms with Gasteiger partial charge in [-0.3, -0.25) is 9.59 Å². The Hall–Kier alpha value is -1.92. The third-order valence-corrected chi connectivity index (χ3v) is 2.39. The number of hydrogen-bond acceptors (Lipinski definition) is 4. The van der Waals surface area contributed by atoms with Crippen LogP contribution in [0.15, 0.2) is 30.3 Å².